The van der Waals surface area contributed by atoms with Crippen molar-refractivity contribution in [3.8, 4) is 16.9 Å². The number of nitrogens with one attached hydrogen (secondary N) is 2. The van der Waals surface area contributed by atoms with E-state index < -0.39 is 24.2 Å². The molecular weight excluding hydrogens is 640 g/mol. The molecule has 9 nitrogen and oxygen atoms in total. The highest BCUT2D eigenvalue weighted by atomic mass is 16.5. The molecule has 7 rings (SSSR count). The maximum Gasteiger partial charge on any atom is 0.251 e. The molecule has 0 radical (unpaired) electrons. The molecule has 0 spiro atoms. The third kappa shape index (κ3) is 7.39. The fourth-order valence-electron chi connectivity index (χ4n) is 9.25. The molecular formula is C42H56N4O5. The molecule has 3 aliphatic carbocycles. The number of hydrogen-bond acceptors (Lipinski definition) is 7. The summed E-state index contributed by atoms with van der Waals surface area (Å²) in [6.07, 6.45) is 1.20. The number of benzene rings is 3. The van der Waals surface area contributed by atoms with Crippen LogP contribution < -0.4 is 20.3 Å². The summed E-state index contributed by atoms with van der Waals surface area (Å²) in [7, 11) is 5.53. The van der Waals surface area contributed by atoms with Gasteiger partial charge >= 0.3 is 0 Å². The van der Waals surface area contributed by atoms with E-state index in [1.807, 2.05) is 78.5 Å². The van der Waals surface area contributed by atoms with Gasteiger partial charge in [0.25, 0.3) is 5.91 Å². The van der Waals surface area contributed by atoms with Crippen LogP contribution in [-0.2, 0) is 17.8 Å². The standard InChI is InChI=1S/C42H56N4O5/c1-25-34-21-31(42(34,3)4)22-35(25)44-41(50)38-37(26(2)47)36(48)24-46(38)23-28-14-11-15-33(39(28)51-7)29-18-30(20-32(19-29)45(5)6)40(49)43-17-16-27-12-9-8-10-13-27/h8-15,18-20,25-26,31,34-38,47-48H,16-17,21-24H2,1-7H3,(H,43,49)(H,44,50)/t25-,26-,31+,34-,35?,36-,37+,38-/m0/s1. The number of aliphatic hydroxyl groups excluding tert-OH is 2. The van der Waals surface area contributed by atoms with Gasteiger partial charge in [-0.15, -0.1) is 0 Å². The number of hydrogen-bond donors (Lipinski definition) is 4. The van der Waals surface area contributed by atoms with Crippen LogP contribution >= 0.6 is 0 Å². The number of carbonyl (C=O) groups excluding carboxylic acids is 2. The van der Waals surface area contributed by atoms with Crippen molar-refractivity contribution < 1.29 is 24.5 Å². The van der Waals surface area contributed by atoms with Gasteiger partial charge < -0.3 is 30.5 Å². The first-order valence-corrected chi connectivity index (χ1v) is 18.5. The number of anilines is 1. The van der Waals surface area contributed by atoms with Gasteiger partial charge in [0.15, 0.2) is 0 Å². The third-order valence-electron chi connectivity index (χ3n) is 12.4. The van der Waals surface area contributed by atoms with E-state index >= 15 is 0 Å². The van der Waals surface area contributed by atoms with Gasteiger partial charge in [0, 0.05) is 68.1 Å². The summed E-state index contributed by atoms with van der Waals surface area (Å²) in [6, 6.07) is 21.2. The smallest absolute Gasteiger partial charge is 0.251 e. The number of nitrogens with zero attached hydrogens (tertiary/aromatic N) is 2. The van der Waals surface area contributed by atoms with Gasteiger partial charge in [0.1, 0.15) is 5.75 Å². The minimum Gasteiger partial charge on any atom is -0.496 e. The quantitative estimate of drug-likeness (QED) is 0.208. The zero-order valence-electron chi connectivity index (χ0n) is 31.2. The Balaban J connectivity index is 1.25. The molecule has 1 heterocycles. The molecule has 2 amide bonds. The van der Waals surface area contributed by atoms with Crippen molar-refractivity contribution in [3.05, 3.63) is 83.4 Å². The highest BCUT2D eigenvalue weighted by molar-refractivity contribution is 5.97. The van der Waals surface area contributed by atoms with Crippen molar-refractivity contribution in [2.45, 2.75) is 77.8 Å². The highest BCUT2D eigenvalue weighted by Crippen LogP contribution is 2.61. The molecule has 1 saturated heterocycles. The number of rotatable bonds is 12. The number of likely N-dealkylation sites (tertiary alicyclic amines) is 1. The lowest BCUT2D eigenvalue weighted by Crippen LogP contribution is -2.62. The Bertz CT molecular complexity index is 1710. The molecule has 4 fully saturated rings. The van der Waals surface area contributed by atoms with E-state index in [4.69, 9.17) is 4.74 Å². The van der Waals surface area contributed by atoms with Gasteiger partial charge in [-0.25, -0.2) is 0 Å². The molecule has 1 unspecified atom stereocenters. The maximum absolute atomic E-state index is 14.2. The van der Waals surface area contributed by atoms with E-state index in [0.29, 0.717) is 47.6 Å². The zero-order chi connectivity index (χ0) is 36.6. The summed E-state index contributed by atoms with van der Waals surface area (Å²) < 4.78 is 6.07. The summed E-state index contributed by atoms with van der Waals surface area (Å²) in [5, 5.41) is 28.5. The van der Waals surface area contributed by atoms with Crippen molar-refractivity contribution in [3.63, 3.8) is 0 Å². The number of amides is 2. The molecule has 8 atom stereocenters. The number of carbonyl (C=O) groups is 2. The Hall–Kier alpha value is -3.92. The Morgan fingerprint density at radius 1 is 1.06 bits per heavy atom. The van der Waals surface area contributed by atoms with Gasteiger partial charge in [0.05, 0.1) is 25.4 Å². The lowest BCUT2D eigenvalue weighted by molar-refractivity contribution is -0.139. The number of β-amino-alcohol motifs (C(OH)–C–C–N with tert-alkyl or cyclic N) is 1. The van der Waals surface area contributed by atoms with Crippen LogP contribution in [0, 0.1) is 29.1 Å². The number of aliphatic hydroxyl groups is 2. The molecule has 0 aromatic heterocycles. The Labute approximate surface area is 303 Å². The van der Waals surface area contributed by atoms with Gasteiger partial charge in [-0.1, -0.05) is 69.3 Å². The first-order chi connectivity index (χ1) is 24.3. The summed E-state index contributed by atoms with van der Waals surface area (Å²) in [5.41, 5.74) is 5.40. The van der Waals surface area contributed by atoms with Gasteiger partial charge in [-0.05, 0) is 78.7 Å². The zero-order valence-corrected chi connectivity index (χ0v) is 31.2. The lowest BCUT2D eigenvalue weighted by Gasteiger charge is -2.62. The first-order valence-electron chi connectivity index (χ1n) is 18.5. The number of para-hydroxylation sites is 1. The largest absolute Gasteiger partial charge is 0.496 e. The van der Waals surface area contributed by atoms with Crippen LogP contribution in [0.3, 0.4) is 0 Å². The maximum atomic E-state index is 14.2. The van der Waals surface area contributed by atoms with Crippen LogP contribution in [-0.4, -0.2) is 85.5 Å². The van der Waals surface area contributed by atoms with Crippen molar-refractivity contribution in [2.75, 3.05) is 39.2 Å². The first kappa shape index (κ1) is 36.9. The van der Waals surface area contributed by atoms with E-state index in [9.17, 15) is 19.8 Å². The van der Waals surface area contributed by atoms with Crippen molar-refractivity contribution in [1.29, 1.82) is 0 Å². The minimum atomic E-state index is -0.865. The normalized spacial score (nSPS) is 27.3. The number of ether oxygens (including phenoxy) is 1. The molecule has 3 saturated carbocycles. The SMILES string of the molecule is COc1c(CN2C[C@H](O)[C@@H]([C@H](C)O)[C@H]2C(=O)NC2C[C@H]3C[C@@H]([C@@H]2C)C3(C)C)cccc1-c1cc(C(=O)NCCc2ccccc2)cc(N(C)C)c1. The second kappa shape index (κ2) is 15.0. The fourth-order valence-corrected chi connectivity index (χ4v) is 9.25. The Morgan fingerprint density at radius 2 is 1.80 bits per heavy atom. The number of methoxy groups -OCH3 is 1. The number of fused-ring (bicyclic) bond motifs is 2. The van der Waals surface area contributed by atoms with Gasteiger partial charge in [-0.2, -0.15) is 0 Å². The summed E-state index contributed by atoms with van der Waals surface area (Å²) in [5.74, 6) is 1.28. The van der Waals surface area contributed by atoms with Crippen molar-refractivity contribution >= 4 is 17.5 Å². The van der Waals surface area contributed by atoms with Crippen LogP contribution in [0.15, 0.2) is 66.7 Å². The topological polar surface area (TPSA) is 114 Å². The van der Waals surface area contributed by atoms with Crippen molar-refractivity contribution in [1.82, 2.24) is 15.5 Å². The average molecular weight is 697 g/mol. The molecule has 3 aromatic rings. The van der Waals surface area contributed by atoms with Crippen LogP contribution in [0.2, 0.25) is 0 Å². The predicted molar refractivity (Wildman–Crippen MR) is 202 cm³/mol. The second-order valence-corrected chi connectivity index (χ2v) is 16.0. The van der Waals surface area contributed by atoms with Crippen LogP contribution in [0.4, 0.5) is 5.69 Å². The summed E-state index contributed by atoms with van der Waals surface area (Å²) in [4.78, 5) is 31.5. The minimum absolute atomic E-state index is 0.0788. The summed E-state index contributed by atoms with van der Waals surface area (Å²) >= 11 is 0. The van der Waals surface area contributed by atoms with Gasteiger partial charge in [0.2, 0.25) is 5.91 Å². The van der Waals surface area contributed by atoms with E-state index in [0.717, 1.165) is 40.8 Å². The average Bonchev–Trinajstić information content (AvgIpc) is 3.44. The summed E-state index contributed by atoms with van der Waals surface area (Å²) in [6.45, 7) is 9.72. The molecule has 51 heavy (non-hydrogen) atoms. The monoisotopic (exact) mass is 696 g/mol. The molecule has 4 aliphatic rings. The van der Waals surface area contributed by atoms with Crippen LogP contribution in [0.25, 0.3) is 11.1 Å². The lowest BCUT2D eigenvalue weighted by atomic mass is 9.45. The van der Waals surface area contributed by atoms with Gasteiger partial charge in [-0.3, -0.25) is 14.5 Å². The molecule has 3 aromatic carbocycles. The van der Waals surface area contributed by atoms with Crippen molar-refractivity contribution in [2.24, 2.45) is 29.1 Å². The third-order valence-corrected chi connectivity index (χ3v) is 12.4. The van der Waals surface area contributed by atoms with Crippen LogP contribution in [0.1, 0.15) is 62.0 Å². The fraction of sp³-hybridized carbons (Fsp3) is 0.524. The Morgan fingerprint density at radius 3 is 2.45 bits per heavy atom. The Kier molecular flexibility index (Phi) is 10.8. The van der Waals surface area contributed by atoms with E-state index in [2.05, 4.69) is 43.5 Å². The molecule has 9 heteroatoms. The molecule has 274 valence electrons. The predicted octanol–water partition coefficient (Wildman–Crippen LogP) is 5.13. The second-order valence-electron chi connectivity index (χ2n) is 16.0. The van der Waals surface area contributed by atoms with E-state index in [1.54, 1.807) is 14.0 Å². The van der Waals surface area contributed by atoms with E-state index in [1.165, 1.54) is 6.42 Å². The molecule has 1 aliphatic heterocycles. The van der Waals surface area contributed by atoms with E-state index in [-0.39, 0.29) is 24.4 Å². The molecule has 4 N–H and O–H groups in total. The highest BCUT2D eigenvalue weighted by Gasteiger charge is 2.57. The molecule has 2 bridgehead atoms. The van der Waals surface area contributed by atoms with Crippen LogP contribution in [0.5, 0.6) is 5.75 Å².